The van der Waals surface area contributed by atoms with E-state index in [9.17, 15) is 9.59 Å². The maximum atomic E-state index is 12.3. The first-order chi connectivity index (χ1) is 11.5. The molecule has 0 bridgehead atoms. The second kappa shape index (κ2) is 8.19. The predicted molar refractivity (Wildman–Crippen MR) is 90.2 cm³/mol. The molecule has 1 aromatic heterocycles. The number of rotatable bonds is 7. The number of Topliss-reactive ketones (excluding diaryl/α,β-unsaturated/α-hetero) is 1. The van der Waals surface area contributed by atoms with Gasteiger partial charge in [-0.25, -0.2) is 9.67 Å². The van der Waals surface area contributed by atoms with Gasteiger partial charge in [0.15, 0.2) is 5.78 Å². The van der Waals surface area contributed by atoms with E-state index in [1.165, 1.54) is 24.4 Å². The van der Waals surface area contributed by atoms with Gasteiger partial charge in [0.25, 0.3) is 0 Å². The molecule has 6 heteroatoms. The molecule has 24 heavy (non-hydrogen) atoms. The number of benzene rings is 1. The van der Waals surface area contributed by atoms with Gasteiger partial charge in [0, 0.05) is 0 Å². The molecule has 1 unspecified atom stereocenters. The number of nitrogens with zero attached hydrogens (tertiary/aromatic N) is 3. The lowest BCUT2D eigenvalue weighted by molar-refractivity contribution is -0.142. The lowest BCUT2D eigenvalue weighted by Crippen LogP contribution is -2.12. The summed E-state index contributed by atoms with van der Waals surface area (Å²) in [5.74, 6) is -0.571. The zero-order valence-corrected chi connectivity index (χ0v) is 14.1. The van der Waals surface area contributed by atoms with Crippen LogP contribution < -0.4 is 0 Å². The Morgan fingerprint density at radius 3 is 2.54 bits per heavy atom. The number of carbonyl (C=O) groups excluding carboxylic acids is 2. The smallest absolute Gasteiger partial charge is 0.312 e. The van der Waals surface area contributed by atoms with E-state index in [1.807, 2.05) is 37.3 Å². The highest BCUT2D eigenvalue weighted by Gasteiger charge is 2.15. The third kappa shape index (κ3) is 4.38. The molecule has 0 amide bonds. The molecule has 0 radical (unpaired) electrons. The second-order valence-corrected chi connectivity index (χ2v) is 5.45. The first-order valence-corrected chi connectivity index (χ1v) is 7.79. The number of hydrogen-bond acceptors (Lipinski definition) is 5. The Kier molecular flexibility index (Phi) is 6.01. The molecule has 0 aliphatic rings. The van der Waals surface area contributed by atoms with Gasteiger partial charge in [0.2, 0.25) is 0 Å². The fourth-order valence-electron chi connectivity index (χ4n) is 2.34. The Bertz CT molecular complexity index is 718. The Balaban J connectivity index is 2.12. The van der Waals surface area contributed by atoms with Crippen molar-refractivity contribution in [2.45, 2.75) is 32.7 Å². The molecule has 0 N–H and O–H groups in total. The van der Waals surface area contributed by atoms with Crippen LogP contribution in [0, 0.1) is 0 Å². The molecule has 1 atom stereocenters. The number of ketones is 1. The zero-order chi connectivity index (χ0) is 17.5. The fraction of sp³-hybridized carbons (Fsp3) is 0.333. The first-order valence-electron chi connectivity index (χ1n) is 7.79. The highest BCUT2D eigenvalue weighted by Crippen LogP contribution is 2.19. The number of allylic oxidation sites excluding steroid dienone is 1. The van der Waals surface area contributed by atoms with E-state index in [1.54, 1.807) is 6.92 Å². The predicted octanol–water partition coefficient (Wildman–Crippen LogP) is 2.62. The van der Waals surface area contributed by atoms with Crippen LogP contribution in [0.15, 0.2) is 42.5 Å². The van der Waals surface area contributed by atoms with Crippen LogP contribution in [-0.2, 0) is 20.9 Å². The minimum Gasteiger partial charge on any atom is -0.469 e. The molecule has 6 nitrogen and oxygen atoms in total. The maximum Gasteiger partial charge on any atom is 0.312 e. The van der Waals surface area contributed by atoms with E-state index in [0.717, 1.165) is 16.7 Å². The number of aromatic nitrogens is 3. The SMILES string of the molecule is CCC(=Cc1ccc(C(C)C(=O)OC)cc1)C(=O)Cn1cncn1. The van der Waals surface area contributed by atoms with Crippen LogP contribution in [0.3, 0.4) is 0 Å². The van der Waals surface area contributed by atoms with Crippen LogP contribution in [0.1, 0.15) is 37.3 Å². The molecule has 0 aliphatic heterocycles. The van der Waals surface area contributed by atoms with Crippen molar-refractivity contribution >= 4 is 17.8 Å². The van der Waals surface area contributed by atoms with Crippen LogP contribution in [0.4, 0.5) is 0 Å². The molecular formula is C18H21N3O3. The van der Waals surface area contributed by atoms with Gasteiger partial charge in [-0.2, -0.15) is 5.10 Å². The van der Waals surface area contributed by atoms with E-state index in [-0.39, 0.29) is 24.2 Å². The third-order valence-corrected chi connectivity index (χ3v) is 3.84. The van der Waals surface area contributed by atoms with Crippen molar-refractivity contribution < 1.29 is 14.3 Å². The summed E-state index contributed by atoms with van der Waals surface area (Å²) in [7, 11) is 1.38. The van der Waals surface area contributed by atoms with Crippen molar-refractivity contribution in [1.82, 2.24) is 14.8 Å². The largest absolute Gasteiger partial charge is 0.469 e. The minimum absolute atomic E-state index is 0.00926. The van der Waals surface area contributed by atoms with Crippen molar-refractivity contribution in [2.24, 2.45) is 0 Å². The summed E-state index contributed by atoms with van der Waals surface area (Å²) in [4.78, 5) is 27.7. The van der Waals surface area contributed by atoms with Gasteiger partial charge in [0.1, 0.15) is 19.2 Å². The van der Waals surface area contributed by atoms with E-state index in [0.29, 0.717) is 6.42 Å². The standard InChI is InChI=1S/C18H21N3O3/c1-4-15(17(22)10-21-12-19-11-20-21)9-14-5-7-16(8-6-14)13(2)18(23)24-3/h5-9,11-13H,4,10H2,1-3H3. The van der Waals surface area contributed by atoms with E-state index >= 15 is 0 Å². The molecule has 0 saturated carbocycles. The maximum absolute atomic E-state index is 12.3. The van der Waals surface area contributed by atoms with Crippen LogP contribution in [0.2, 0.25) is 0 Å². The Hall–Kier alpha value is -2.76. The zero-order valence-electron chi connectivity index (χ0n) is 14.1. The lowest BCUT2D eigenvalue weighted by Gasteiger charge is -2.10. The molecule has 0 aliphatic carbocycles. The summed E-state index contributed by atoms with van der Waals surface area (Å²) in [5, 5.41) is 3.95. The number of ether oxygens (including phenoxy) is 1. The highest BCUT2D eigenvalue weighted by atomic mass is 16.5. The van der Waals surface area contributed by atoms with Crippen LogP contribution >= 0.6 is 0 Å². The third-order valence-electron chi connectivity index (χ3n) is 3.84. The first kappa shape index (κ1) is 17.6. The van der Waals surface area contributed by atoms with Crippen molar-refractivity contribution in [3.8, 4) is 0 Å². The Morgan fingerprint density at radius 1 is 1.29 bits per heavy atom. The molecule has 2 rings (SSSR count). The Labute approximate surface area is 141 Å². The molecule has 0 spiro atoms. The van der Waals surface area contributed by atoms with Crippen molar-refractivity contribution in [3.63, 3.8) is 0 Å². The average molecular weight is 327 g/mol. The molecule has 126 valence electrons. The topological polar surface area (TPSA) is 74.1 Å². The summed E-state index contributed by atoms with van der Waals surface area (Å²) in [6, 6.07) is 7.55. The van der Waals surface area contributed by atoms with Crippen LogP contribution in [0.5, 0.6) is 0 Å². The van der Waals surface area contributed by atoms with Crippen LogP contribution in [-0.4, -0.2) is 33.6 Å². The average Bonchev–Trinajstić information content (AvgIpc) is 3.11. The quantitative estimate of drug-likeness (QED) is 0.577. The van der Waals surface area contributed by atoms with Gasteiger partial charge in [-0.05, 0) is 36.1 Å². The Morgan fingerprint density at radius 2 is 2.00 bits per heavy atom. The number of hydrogen-bond donors (Lipinski definition) is 0. The van der Waals surface area contributed by atoms with Crippen LogP contribution in [0.25, 0.3) is 6.08 Å². The molecule has 1 heterocycles. The lowest BCUT2D eigenvalue weighted by atomic mass is 9.98. The molecular weight excluding hydrogens is 306 g/mol. The minimum atomic E-state index is -0.312. The molecule has 0 saturated heterocycles. The summed E-state index contributed by atoms with van der Waals surface area (Å²) >= 11 is 0. The van der Waals surface area contributed by atoms with Crippen molar-refractivity contribution in [3.05, 3.63) is 53.6 Å². The van der Waals surface area contributed by atoms with Gasteiger partial charge < -0.3 is 4.74 Å². The van der Waals surface area contributed by atoms with Gasteiger partial charge in [-0.15, -0.1) is 0 Å². The highest BCUT2D eigenvalue weighted by molar-refractivity contribution is 5.99. The van der Waals surface area contributed by atoms with Gasteiger partial charge in [0.05, 0.1) is 13.0 Å². The molecule has 2 aromatic rings. The molecule has 1 aromatic carbocycles. The summed E-state index contributed by atoms with van der Waals surface area (Å²) in [6.45, 7) is 3.92. The number of methoxy groups -OCH3 is 1. The summed E-state index contributed by atoms with van der Waals surface area (Å²) < 4.78 is 6.26. The summed E-state index contributed by atoms with van der Waals surface area (Å²) in [6.07, 6.45) is 5.43. The van der Waals surface area contributed by atoms with Gasteiger partial charge in [-0.1, -0.05) is 31.2 Å². The van der Waals surface area contributed by atoms with Crippen molar-refractivity contribution in [2.75, 3.05) is 7.11 Å². The fourth-order valence-corrected chi connectivity index (χ4v) is 2.34. The van der Waals surface area contributed by atoms with E-state index in [2.05, 4.69) is 10.1 Å². The van der Waals surface area contributed by atoms with E-state index < -0.39 is 0 Å². The normalized spacial score (nSPS) is 12.7. The van der Waals surface area contributed by atoms with Crippen molar-refractivity contribution in [1.29, 1.82) is 0 Å². The second-order valence-electron chi connectivity index (χ2n) is 5.45. The number of carbonyl (C=O) groups is 2. The monoisotopic (exact) mass is 327 g/mol. The van der Waals surface area contributed by atoms with E-state index in [4.69, 9.17) is 4.74 Å². The summed E-state index contributed by atoms with van der Waals surface area (Å²) in [5.41, 5.74) is 2.52. The van der Waals surface area contributed by atoms with Gasteiger partial charge in [-0.3, -0.25) is 9.59 Å². The van der Waals surface area contributed by atoms with Gasteiger partial charge >= 0.3 is 5.97 Å². The number of esters is 1. The molecule has 0 fully saturated rings.